The molecule has 10 N–H and O–H groups in total. The van der Waals surface area contributed by atoms with Gasteiger partial charge in [0.25, 0.3) is 0 Å². The molecule has 3 heterocycles. The van der Waals surface area contributed by atoms with Crippen LogP contribution in [0, 0.1) is 0 Å². The van der Waals surface area contributed by atoms with Gasteiger partial charge in [-0.2, -0.15) is 0 Å². The predicted molar refractivity (Wildman–Crippen MR) is 99.8 cm³/mol. The van der Waals surface area contributed by atoms with Gasteiger partial charge in [0.1, 0.15) is 67.1 Å². The van der Waals surface area contributed by atoms with Crippen molar-refractivity contribution in [3.05, 3.63) is 0 Å². The Labute approximate surface area is 187 Å². The van der Waals surface area contributed by atoms with Gasteiger partial charge in [-0.3, -0.25) is 0 Å². The minimum absolute atomic E-state index is 0.731. The Balaban J connectivity index is 1.80. The molecule has 0 saturated carbocycles. The van der Waals surface area contributed by atoms with Crippen molar-refractivity contribution < 1.29 is 74.7 Å². The summed E-state index contributed by atoms with van der Waals surface area (Å²) in [5.41, 5.74) is 0. The van der Waals surface area contributed by atoms with Gasteiger partial charge in [-0.25, -0.2) is 0 Å². The number of ether oxygens (including phenoxy) is 5. The van der Waals surface area contributed by atoms with Crippen molar-refractivity contribution in [3.8, 4) is 0 Å². The van der Waals surface area contributed by atoms with Gasteiger partial charge in [-0.05, 0) is 6.92 Å². The zero-order valence-electron chi connectivity index (χ0n) is 17.6. The van der Waals surface area contributed by atoms with Crippen molar-refractivity contribution in [2.75, 3.05) is 13.2 Å². The van der Waals surface area contributed by atoms with Gasteiger partial charge in [-0.1, -0.05) is 0 Å². The average molecular weight is 488 g/mol. The van der Waals surface area contributed by atoms with E-state index < -0.39 is 105 Å². The topological polar surface area (TPSA) is 248 Å². The Morgan fingerprint density at radius 2 is 0.970 bits per heavy atom. The smallest absolute Gasteiger partial charge is 0.187 e. The second-order valence-electron chi connectivity index (χ2n) is 8.32. The molecule has 3 fully saturated rings. The molecule has 15 nitrogen and oxygen atoms in total. The molecule has 3 saturated heterocycles. The first-order valence-electron chi connectivity index (χ1n) is 10.4. The highest BCUT2D eigenvalue weighted by Gasteiger charge is 2.53. The Morgan fingerprint density at radius 3 is 1.39 bits per heavy atom. The second kappa shape index (κ2) is 11.0. The summed E-state index contributed by atoms with van der Waals surface area (Å²) in [6.45, 7) is -0.0778. The van der Waals surface area contributed by atoms with E-state index in [1.54, 1.807) is 0 Å². The number of rotatable bonds is 6. The molecule has 0 aliphatic carbocycles. The van der Waals surface area contributed by atoms with Crippen molar-refractivity contribution in [3.63, 3.8) is 0 Å². The third-order valence-electron chi connectivity index (χ3n) is 6.06. The lowest BCUT2D eigenvalue weighted by molar-refractivity contribution is -0.385. The van der Waals surface area contributed by atoms with Crippen LogP contribution in [0.25, 0.3) is 0 Å². The lowest BCUT2D eigenvalue weighted by Gasteiger charge is -2.48. The van der Waals surface area contributed by atoms with E-state index in [9.17, 15) is 51.1 Å². The molecule has 0 bridgehead atoms. The Bertz CT molecular complexity index is 622. The van der Waals surface area contributed by atoms with Crippen LogP contribution in [0.3, 0.4) is 0 Å². The zero-order chi connectivity index (χ0) is 24.6. The van der Waals surface area contributed by atoms with Gasteiger partial charge in [0.15, 0.2) is 18.9 Å². The first kappa shape index (κ1) is 27.0. The van der Waals surface area contributed by atoms with Gasteiger partial charge >= 0.3 is 0 Å². The van der Waals surface area contributed by atoms with Gasteiger partial charge in [0.05, 0.1) is 19.3 Å². The molecule has 0 aromatic rings. The van der Waals surface area contributed by atoms with Crippen LogP contribution in [-0.2, 0) is 23.7 Å². The molecule has 0 radical (unpaired) electrons. The number of aliphatic hydroxyl groups excluding tert-OH is 10. The summed E-state index contributed by atoms with van der Waals surface area (Å²) < 4.78 is 26.8. The Kier molecular flexibility index (Phi) is 8.99. The van der Waals surface area contributed by atoms with Crippen LogP contribution in [0.1, 0.15) is 6.92 Å². The maximum absolute atomic E-state index is 10.6. The van der Waals surface area contributed by atoms with Crippen LogP contribution in [0.15, 0.2) is 0 Å². The largest absolute Gasteiger partial charge is 0.394 e. The van der Waals surface area contributed by atoms with Crippen molar-refractivity contribution in [1.82, 2.24) is 0 Å². The summed E-state index contributed by atoms with van der Waals surface area (Å²) in [6, 6.07) is 0. The molecule has 3 aliphatic rings. The summed E-state index contributed by atoms with van der Waals surface area (Å²) in [5.74, 6) is 0. The number of hydrogen-bond donors (Lipinski definition) is 10. The lowest BCUT2D eigenvalue weighted by Crippen LogP contribution is -2.66. The molecule has 0 spiro atoms. The van der Waals surface area contributed by atoms with E-state index in [0.717, 1.165) is 0 Å². The van der Waals surface area contributed by atoms with Crippen LogP contribution in [-0.4, -0.2) is 156 Å². The predicted octanol–water partition coefficient (Wildman–Crippen LogP) is -6.55. The van der Waals surface area contributed by atoms with E-state index in [0.29, 0.717) is 0 Å². The first-order valence-corrected chi connectivity index (χ1v) is 10.4. The zero-order valence-corrected chi connectivity index (χ0v) is 17.6. The highest BCUT2D eigenvalue weighted by atomic mass is 16.8. The maximum atomic E-state index is 10.6. The molecule has 1 unspecified atom stereocenters. The summed E-state index contributed by atoms with van der Waals surface area (Å²) in [5, 5.41) is 99.9. The van der Waals surface area contributed by atoms with Crippen molar-refractivity contribution in [1.29, 1.82) is 0 Å². The monoisotopic (exact) mass is 488 g/mol. The van der Waals surface area contributed by atoms with Crippen LogP contribution in [0.2, 0.25) is 0 Å². The van der Waals surface area contributed by atoms with Crippen LogP contribution in [0.5, 0.6) is 0 Å². The van der Waals surface area contributed by atoms with Crippen molar-refractivity contribution >= 4 is 0 Å². The van der Waals surface area contributed by atoms with E-state index in [-0.39, 0.29) is 0 Å². The van der Waals surface area contributed by atoms with Gasteiger partial charge < -0.3 is 74.7 Å². The minimum atomic E-state index is -1.83. The van der Waals surface area contributed by atoms with Crippen molar-refractivity contribution in [2.45, 2.75) is 99.0 Å². The summed E-state index contributed by atoms with van der Waals surface area (Å²) in [7, 11) is 0. The second-order valence-corrected chi connectivity index (χ2v) is 8.32. The third kappa shape index (κ3) is 5.32. The Hall–Kier alpha value is -0.600. The fourth-order valence-corrected chi connectivity index (χ4v) is 3.97. The van der Waals surface area contributed by atoms with Crippen molar-refractivity contribution in [2.24, 2.45) is 0 Å². The molecular formula is C18H32O15. The van der Waals surface area contributed by atoms with E-state index in [1.165, 1.54) is 6.92 Å². The number of hydrogen-bond acceptors (Lipinski definition) is 15. The fourth-order valence-electron chi connectivity index (χ4n) is 3.97. The molecular weight excluding hydrogens is 456 g/mol. The Morgan fingerprint density at radius 1 is 0.545 bits per heavy atom. The van der Waals surface area contributed by atoms with Gasteiger partial charge in [0, 0.05) is 0 Å². The summed E-state index contributed by atoms with van der Waals surface area (Å²) in [4.78, 5) is 0. The van der Waals surface area contributed by atoms with Crippen LogP contribution >= 0.6 is 0 Å². The van der Waals surface area contributed by atoms with E-state index in [2.05, 4.69) is 0 Å². The fraction of sp³-hybridized carbons (Fsp3) is 1.00. The standard InChI is InChI=1S/C18H32O15/c1-4-7(21)14(32-17-12(26)10(24)8(22)5(2-19)30-17)15(16(28)29-4)33-18-13(27)11(25)9(23)6(3-20)31-18/h4-28H,2-3H2,1H3/t4-,5-,6-,7+,8-,9-,10+,11+,12-,13-,14+,15-,16-,17+,18?/m1/s1. The van der Waals surface area contributed by atoms with Crippen LogP contribution in [0.4, 0.5) is 0 Å². The molecule has 3 rings (SSSR count). The molecule has 0 aromatic carbocycles. The molecule has 15 atom stereocenters. The lowest BCUT2D eigenvalue weighted by atomic mass is 9.96. The minimum Gasteiger partial charge on any atom is -0.394 e. The van der Waals surface area contributed by atoms with Gasteiger partial charge in [0.2, 0.25) is 0 Å². The third-order valence-corrected chi connectivity index (χ3v) is 6.06. The average Bonchev–Trinajstić information content (AvgIpc) is 2.79. The SMILES string of the molecule is C[C@H]1O[C@@H](O)[C@H](OC2O[C@H](CO)[C@@H](O)[C@H](O)[C@H]2O)[C@@H](O[C@@H]2O[C@H](CO)[C@@H](O)[C@H](O)[C@H]2O)[C@H]1O. The van der Waals surface area contributed by atoms with E-state index >= 15 is 0 Å². The van der Waals surface area contributed by atoms with E-state index in [1.807, 2.05) is 0 Å². The molecule has 194 valence electrons. The molecule has 0 amide bonds. The molecule has 15 heteroatoms. The number of aliphatic hydroxyl groups is 10. The first-order chi connectivity index (χ1) is 15.5. The molecule has 3 aliphatic heterocycles. The van der Waals surface area contributed by atoms with Crippen LogP contribution < -0.4 is 0 Å². The molecule has 33 heavy (non-hydrogen) atoms. The maximum Gasteiger partial charge on any atom is 0.187 e. The quantitative estimate of drug-likeness (QED) is 0.167. The van der Waals surface area contributed by atoms with Gasteiger partial charge in [-0.15, -0.1) is 0 Å². The highest BCUT2D eigenvalue weighted by Crippen LogP contribution is 2.32. The highest BCUT2D eigenvalue weighted by molar-refractivity contribution is 4.95. The van der Waals surface area contributed by atoms with E-state index in [4.69, 9.17) is 23.7 Å². The molecule has 0 aromatic heterocycles. The normalized spacial score (nSPS) is 53.7. The summed E-state index contributed by atoms with van der Waals surface area (Å²) in [6.07, 6.45) is -24.1. The summed E-state index contributed by atoms with van der Waals surface area (Å²) >= 11 is 0.